The molecule has 0 aromatic heterocycles. The van der Waals surface area contributed by atoms with Gasteiger partial charge in [-0.2, -0.15) is 0 Å². The zero-order valence-electron chi connectivity index (χ0n) is 13.0. The van der Waals surface area contributed by atoms with Gasteiger partial charge in [-0.15, -0.1) is 0 Å². The molecule has 1 N–H and O–H groups in total. The summed E-state index contributed by atoms with van der Waals surface area (Å²) in [5.41, 5.74) is 0. The molecule has 0 spiro atoms. The minimum atomic E-state index is -3.54. The van der Waals surface area contributed by atoms with Gasteiger partial charge in [0, 0.05) is 26.1 Å². The van der Waals surface area contributed by atoms with Crippen LogP contribution in [0.4, 0.5) is 0 Å². The Morgan fingerprint density at radius 2 is 1.74 bits per heavy atom. The van der Waals surface area contributed by atoms with Crippen molar-refractivity contribution < 1.29 is 13.2 Å². The summed E-state index contributed by atoms with van der Waals surface area (Å²) >= 11 is 0. The number of likely N-dealkylation sites (tertiary alicyclic amines) is 1. The smallest absolute Gasteiger partial charge is 0.240 e. The number of nitrogens with zero attached hydrogens (tertiary/aromatic N) is 1. The van der Waals surface area contributed by atoms with Crippen molar-refractivity contribution in [1.82, 2.24) is 9.62 Å². The Hall–Kier alpha value is -1.92. The fraction of sp³-hybridized carbons (Fsp3) is 0.353. The molecule has 0 radical (unpaired) electrons. The molecule has 0 unspecified atom stereocenters. The molecule has 2 aromatic rings. The number of hydrogen-bond acceptors (Lipinski definition) is 3. The molecule has 3 rings (SSSR count). The molecule has 23 heavy (non-hydrogen) atoms. The predicted octanol–water partition coefficient (Wildman–Crippen LogP) is 2.13. The van der Waals surface area contributed by atoms with Crippen LogP contribution in [-0.2, 0) is 14.8 Å². The summed E-state index contributed by atoms with van der Waals surface area (Å²) in [4.78, 5) is 13.4. The molecule has 1 amide bonds. The van der Waals surface area contributed by atoms with E-state index in [0.717, 1.165) is 10.8 Å². The third-order valence-electron chi connectivity index (χ3n) is 4.29. The highest BCUT2D eigenvalue weighted by atomic mass is 32.2. The molecule has 0 aliphatic carbocycles. The molecule has 0 atom stereocenters. The maximum Gasteiger partial charge on any atom is 0.240 e. The van der Waals surface area contributed by atoms with Crippen molar-refractivity contribution in [1.29, 1.82) is 0 Å². The van der Waals surface area contributed by atoms with Crippen LogP contribution in [0.5, 0.6) is 0 Å². The molecule has 122 valence electrons. The summed E-state index contributed by atoms with van der Waals surface area (Å²) in [5, 5.41) is 1.92. The topological polar surface area (TPSA) is 66.5 Å². The molecule has 5 nitrogen and oxygen atoms in total. The second kappa shape index (κ2) is 6.29. The van der Waals surface area contributed by atoms with E-state index in [1.165, 1.54) is 0 Å². The number of sulfonamides is 1. The number of carbonyl (C=O) groups is 1. The first-order valence-corrected chi connectivity index (χ1v) is 9.21. The number of benzene rings is 2. The summed E-state index contributed by atoms with van der Waals surface area (Å²) in [6, 6.07) is 12.7. The van der Waals surface area contributed by atoms with Gasteiger partial charge in [-0.25, -0.2) is 13.1 Å². The van der Waals surface area contributed by atoms with Crippen molar-refractivity contribution in [3.05, 3.63) is 42.5 Å². The molecule has 2 aromatic carbocycles. The second-order valence-corrected chi connectivity index (χ2v) is 7.62. The zero-order valence-corrected chi connectivity index (χ0v) is 13.8. The lowest BCUT2D eigenvalue weighted by Gasteiger charge is -2.31. The van der Waals surface area contributed by atoms with E-state index >= 15 is 0 Å². The van der Waals surface area contributed by atoms with Gasteiger partial charge in [0.15, 0.2) is 0 Å². The molecule has 0 saturated carbocycles. The van der Waals surface area contributed by atoms with E-state index in [0.29, 0.717) is 25.9 Å². The van der Waals surface area contributed by atoms with Gasteiger partial charge in [-0.3, -0.25) is 4.79 Å². The van der Waals surface area contributed by atoms with Crippen LogP contribution in [0.1, 0.15) is 19.8 Å². The van der Waals surface area contributed by atoms with Gasteiger partial charge in [0.25, 0.3) is 0 Å². The van der Waals surface area contributed by atoms with Gasteiger partial charge in [0.05, 0.1) is 4.90 Å². The van der Waals surface area contributed by atoms with Gasteiger partial charge in [-0.05, 0) is 35.7 Å². The number of carbonyl (C=O) groups excluding carboxylic acids is 1. The molecule has 1 fully saturated rings. The molecule has 1 aliphatic rings. The Balaban J connectivity index is 1.74. The summed E-state index contributed by atoms with van der Waals surface area (Å²) < 4.78 is 27.9. The molecule has 1 saturated heterocycles. The number of fused-ring (bicyclic) bond motifs is 1. The maximum atomic E-state index is 12.6. The fourth-order valence-electron chi connectivity index (χ4n) is 2.93. The van der Waals surface area contributed by atoms with Crippen molar-refractivity contribution in [3.63, 3.8) is 0 Å². The Morgan fingerprint density at radius 1 is 1.09 bits per heavy atom. The fourth-order valence-corrected chi connectivity index (χ4v) is 4.27. The van der Waals surface area contributed by atoms with Crippen LogP contribution in [0.25, 0.3) is 10.8 Å². The first-order chi connectivity index (χ1) is 11.0. The lowest BCUT2D eigenvalue weighted by Crippen LogP contribution is -2.45. The summed E-state index contributed by atoms with van der Waals surface area (Å²) in [7, 11) is -3.54. The van der Waals surface area contributed by atoms with Crippen LogP contribution in [0.3, 0.4) is 0 Å². The van der Waals surface area contributed by atoms with E-state index in [4.69, 9.17) is 0 Å². The van der Waals surface area contributed by atoms with Crippen molar-refractivity contribution in [3.8, 4) is 0 Å². The standard InChI is InChI=1S/C17H20N2O3S/c1-13(20)19-10-8-16(9-11-19)18-23(21,22)17-7-6-14-4-2-3-5-15(14)12-17/h2-7,12,16,18H,8-11H2,1H3. The second-order valence-electron chi connectivity index (χ2n) is 5.91. The molecule has 6 heteroatoms. The van der Waals surface area contributed by atoms with E-state index in [2.05, 4.69) is 4.72 Å². The number of amides is 1. The van der Waals surface area contributed by atoms with E-state index in [9.17, 15) is 13.2 Å². The Morgan fingerprint density at radius 3 is 2.39 bits per heavy atom. The monoisotopic (exact) mass is 332 g/mol. The zero-order chi connectivity index (χ0) is 16.4. The molecular weight excluding hydrogens is 312 g/mol. The summed E-state index contributed by atoms with van der Waals surface area (Å²) in [5.74, 6) is 0.0424. The highest BCUT2D eigenvalue weighted by molar-refractivity contribution is 7.89. The van der Waals surface area contributed by atoms with Crippen LogP contribution in [0.2, 0.25) is 0 Å². The highest BCUT2D eigenvalue weighted by Gasteiger charge is 2.25. The molecule has 0 bridgehead atoms. The van der Waals surface area contributed by atoms with E-state index < -0.39 is 10.0 Å². The molecular formula is C17H20N2O3S. The van der Waals surface area contributed by atoms with Crippen molar-refractivity contribution in [2.45, 2.75) is 30.7 Å². The van der Waals surface area contributed by atoms with Crippen LogP contribution >= 0.6 is 0 Å². The maximum absolute atomic E-state index is 12.6. The minimum Gasteiger partial charge on any atom is -0.343 e. The van der Waals surface area contributed by atoms with Gasteiger partial charge >= 0.3 is 0 Å². The predicted molar refractivity (Wildman–Crippen MR) is 89.5 cm³/mol. The largest absolute Gasteiger partial charge is 0.343 e. The Kier molecular flexibility index (Phi) is 4.37. The third kappa shape index (κ3) is 3.54. The average molecular weight is 332 g/mol. The lowest BCUT2D eigenvalue weighted by molar-refractivity contribution is -0.129. The number of piperidine rings is 1. The summed E-state index contributed by atoms with van der Waals surface area (Å²) in [6.07, 6.45) is 1.29. The number of nitrogens with one attached hydrogen (secondary N) is 1. The molecule has 1 heterocycles. The van der Waals surface area contributed by atoms with Crippen LogP contribution in [0.15, 0.2) is 47.4 Å². The van der Waals surface area contributed by atoms with Gasteiger partial charge < -0.3 is 4.90 Å². The van der Waals surface area contributed by atoms with Gasteiger partial charge in [0.2, 0.25) is 15.9 Å². The average Bonchev–Trinajstić information content (AvgIpc) is 2.54. The first kappa shape index (κ1) is 16.0. The summed E-state index contributed by atoms with van der Waals surface area (Å²) in [6.45, 7) is 2.74. The quantitative estimate of drug-likeness (QED) is 0.936. The molecule has 1 aliphatic heterocycles. The van der Waals surface area contributed by atoms with Gasteiger partial charge in [-0.1, -0.05) is 30.3 Å². The highest BCUT2D eigenvalue weighted by Crippen LogP contribution is 2.20. The van der Waals surface area contributed by atoms with E-state index in [1.807, 2.05) is 30.3 Å². The van der Waals surface area contributed by atoms with E-state index in [-0.39, 0.29) is 16.8 Å². The van der Waals surface area contributed by atoms with E-state index in [1.54, 1.807) is 24.0 Å². The number of rotatable bonds is 3. The van der Waals surface area contributed by atoms with Gasteiger partial charge in [0.1, 0.15) is 0 Å². The minimum absolute atomic E-state index is 0.0424. The Bertz CT molecular complexity index is 825. The Labute approximate surface area is 136 Å². The SMILES string of the molecule is CC(=O)N1CCC(NS(=O)(=O)c2ccc3ccccc3c2)CC1. The van der Waals surface area contributed by atoms with Crippen LogP contribution in [-0.4, -0.2) is 38.4 Å². The van der Waals surface area contributed by atoms with Crippen molar-refractivity contribution in [2.24, 2.45) is 0 Å². The van der Waals surface area contributed by atoms with Crippen LogP contribution in [0, 0.1) is 0 Å². The normalized spacial score (nSPS) is 16.7. The van der Waals surface area contributed by atoms with Crippen LogP contribution < -0.4 is 4.72 Å². The van der Waals surface area contributed by atoms with Crippen molar-refractivity contribution in [2.75, 3.05) is 13.1 Å². The third-order valence-corrected chi connectivity index (χ3v) is 5.81. The first-order valence-electron chi connectivity index (χ1n) is 7.72. The lowest BCUT2D eigenvalue weighted by atomic mass is 10.1. The van der Waals surface area contributed by atoms with Crippen molar-refractivity contribution >= 4 is 26.7 Å². The number of hydrogen-bond donors (Lipinski definition) is 1.